The van der Waals surface area contributed by atoms with Gasteiger partial charge in [-0.05, 0) is 31.2 Å². The number of aromatic nitrogens is 2. The van der Waals surface area contributed by atoms with E-state index in [1.807, 2.05) is 13.0 Å². The number of ether oxygens (including phenoxy) is 3. The number of fused-ring (bicyclic) bond motifs is 2. The third-order valence-electron chi connectivity index (χ3n) is 6.15. The average molecular weight is 528 g/mol. The fourth-order valence-electron chi connectivity index (χ4n) is 4.44. The van der Waals surface area contributed by atoms with Gasteiger partial charge in [-0.2, -0.15) is 0 Å². The van der Waals surface area contributed by atoms with E-state index in [0.717, 1.165) is 13.1 Å². The predicted octanol–water partition coefficient (Wildman–Crippen LogP) is 4.16. The van der Waals surface area contributed by atoms with Gasteiger partial charge in [0, 0.05) is 42.9 Å². The van der Waals surface area contributed by atoms with Crippen molar-refractivity contribution in [1.29, 1.82) is 0 Å². The Labute approximate surface area is 218 Å². The third kappa shape index (κ3) is 5.99. The lowest BCUT2D eigenvalue weighted by atomic mass is 10.1. The lowest BCUT2D eigenvalue weighted by Crippen LogP contribution is -2.36. The Morgan fingerprint density at radius 2 is 2.00 bits per heavy atom. The summed E-state index contributed by atoms with van der Waals surface area (Å²) in [5.41, 5.74) is 1.65. The van der Waals surface area contributed by atoms with Gasteiger partial charge >= 0.3 is 0 Å². The number of halogens is 2. The normalized spacial score (nSPS) is 19.8. The molecule has 37 heavy (non-hydrogen) atoms. The molecule has 194 valence electrons. The molecular weight excluding hydrogens is 501 g/mol. The smallest absolute Gasteiger partial charge is 0.248 e. The summed E-state index contributed by atoms with van der Waals surface area (Å²) in [6, 6.07) is 7.80. The van der Waals surface area contributed by atoms with Gasteiger partial charge in [-0.25, -0.2) is 14.4 Å². The van der Waals surface area contributed by atoms with Crippen LogP contribution in [0.3, 0.4) is 0 Å². The zero-order valence-electron chi connectivity index (χ0n) is 20.2. The maximum atomic E-state index is 13.6. The van der Waals surface area contributed by atoms with Crippen LogP contribution in [0.1, 0.15) is 6.92 Å². The molecule has 3 heterocycles. The summed E-state index contributed by atoms with van der Waals surface area (Å²) < 4.78 is 30.8. The van der Waals surface area contributed by atoms with E-state index in [9.17, 15) is 9.18 Å². The van der Waals surface area contributed by atoms with Crippen molar-refractivity contribution in [3.05, 3.63) is 59.7 Å². The zero-order chi connectivity index (χ0) is 25.8. The minimum atomic E-state index is -0.510. The SMILES string of the molecule is CCOc1cc2ncnc(Nc3ccc(F)c(Cl)c3)c2cc1NC(=O)C=CCN1CC2OCCOC2C1. The number of hydrogen-bond acceptors (Lipinski definition) is 8. The van der Waals surface area contributed by atoms with Gasteiger partial charge in [0.25, 0.3) is 0 Å². The first kappa shape index (κ1) is 25.3. The van der Waals surface area contributed by atoms with Crippen molar-refractivity contribution in [3.63, 3.8) is 0 Å². The number of rotatable bonds is 8. The molecule has 9 nitrogen and oxygen atoms in total. The maximum absolute atomic E-state index is 13.6. The molecular formula is C26H27ClFN5O4. The average Bonchev–Trinajstić information content (AvgIpc) is 3.30. The van der Waals surface area contributed by atoms with Crippen LogP contribution in [-0.2, 0) is 14.3 Å². The predicted molar refractivity (Wildman–Crippen MR) is 139 cm³/mol. The molecule has 1 aromatic heterocycles. The Balaban J connectivity index is 1.32. The van der Waals surface area contributed by atoms with Crippen LogP contribution in [-0.4, -0.2) is 72.4 Å². The van der Waals surface area contributed by atoms with Crippen molar-refractivity contribution in [2.45, 2.75) is 19.1 Å². The highest BCUT2D eigenvalue weighted by molar-refractivity contribution is 6.31. The van der Waals surface area contributed by atoms with E-state index >= 15 is 0 Å². The first-order valence-electron chi connectivity index (χ1n) is 12.1. The van der Waals surface area contributed by atoms with Crippen LogP contribution in [0.5, 0.6) is 5.75 Å². The van der Waals surface area contributed by atoms with Gasteiger partial charge in [-0.3, -0.25) is 9.69 Å². The highest BCUT2D eigenvalue weighted by atomic mass is 35.5. The number of carbonyl (C=O) groups excluding carboxylic acids is 1. The Hall–Kier alpha value is -3.31. The molecule has 2 aliphatic heterocycles. The van der Waals surface area contributed by atoms with Crippen molar-refractivity contribution in [3.8, 4) is 5.75 Å². The van der Waals surface area contributed by atoms with Crippen LogP contribution in [0.25, 0.3) is 10.9 Å². The first-order chi connectivity index (χ1) is 18.0. The molecule has 2 unspecified atom stereocenters. The number of benzene rings is 2. The van der Waals surface area contributed by atoms with Gasteiger partial charge in [0.15, 0.2) is 0 Å². The molecule has 2 atom stereocenters. The molecule has 2 aromatic carbocycles. The Kier molecular flexibility index (Phi) is 7.80. The number of hydrogen-bond donors (Lipinski definition) is 2. The van der Waals surface area contributed by atoms with E-state index in [1.165, 1.54) is 24.5 Å². The van der Waals surface area contributed by atoms with E-state index in [-0.39, 0.29) is 23.1 Å². The second-order valence-corrected chi connectivity index (χ2v) is 9.11. The molecule has 5 rings (SSSR count). The van der Waals surface area contributed by atoms with Gasteiger partial charge in [0.1, 0.15) is 23.7 Å². The van der Waals surface area contributed by atoms with E-state index in [4.69, 9.17) is 25.8 Å². The summed E-state index contributed by atoms with van der Waals surface area (Å²) >= 11 is 5.92. The molecule has 0 spiro atoms. The fourth-order valence-corrected chi connectivity index (χ4v) is 4.62. The molecule has 2 fully saturated rings. The number of nitrogens with zero attached hydrogens (tertiary/aromatic N) is 3. The summed E-state index contributed by atoms with van der Waals surface area (Å²) in [7, 11) is 0. The summed E-state index contributed by atoms with van der Waals surface area (Å²) in [6.07, 6.45) is 4.93. The summed E-state index contributed by atoms with van der Waals surface area (Å²) in [6.45, 7) is 5.71. The summed E-state index contributed by atoms with van der Waals surface area (Å²) in [4.78, 5) is 23.6. The van der Waals surface area contributed by atoms with Gasteiger partial charge in [0.05, 0.1) is 48.3 Å². The number of amides is 1. The number of anilines is 3. The fraction of sp³-hybridized carbons (Fsp3) is 0.346. The van der Waals surface area contributed by atoms with Crippen LogP contribution >= 0.6 is 11.6 Å². The van der Waals surface area contributed by atoms with Crippen LogP contribution in [0, 0.1) is 5.82 Å². The van der Waals surface area contributed by atoms with Crippen LogP contribution in [0.2, 0.25) is 5.02 Å². The lowest BCUT2D eigenvalue weighted by molar-refractivity contribution is -0.116. The third-order valence-corrected chi connectivity index (χ3v) is 6.44. The second kappa shape index (κ2) is 11.4. The lowest BCUT2D eigenvalue weighted by Gasteiger charge is -2.24. The summed E-state index contributed by atoms with van der Waals surface area (Å²) in [5.74, 6) is 0.163. The van der Waals surface area contributed by atoms with E-state index in [0.29, 0.717) is 60.2 Å². The van der Waals surface area contributed by atoms with Crippen LogP contribution in [0.15, 0.2) is 48.8 Å². The highest BCUT2D eigenvalue weighted by Gasteiger charge is 2.35. The molecule has 2 aliphatic rings. The Morgan fingerprint density at radius 3 is 2.73 bits per heavy atom. The van der Waals surface area contributed by atoms with Gasteiger partial charge in [0.2, 0.25) is 5.91 Å². The van der Waals surface area contributed by atoms with Crippen molar-refractivity contribution in [1.82, 2.24) is 14.9 Å². The maximum Gasteiger partial charge on any atom is 0.248 e. The molecule has 2 N–H and O–H groups in total. The van der Waals surface area contributed by atoms with Crippen molar-refractivity contribution < 1.29 is 23.4 Å². The Bertz CT molecular complexity index is 1310. The zero-order valence-corrected chi connectivity index (χ0v) is 21.0. The van der Waals surface area contributed by atoms with E-state index in [2.05, 4.69) is 25.5 Å². The number of likely N-dealkylation sites (tertiary alicyclic amines) is 1. The second-order valence-electron chi connectivity index (χ2n) is 8.70. The molecule has 0 bridgehead atoms. The van der Waals surface area contributed by atoms with Gasteiger partial charge < -0.3 is 24.8 Å². The number of carbonyl (C=O) groups is 1. The van der Waals surface area contributed by atoms with Crippen molar-refractivity contribution >= 4 is 45.6 Å². The molecule has 1 amide bonds. The molecule has 2 saturated heterocycles. The van der Waals surface area contributed by atoms with Crippen LogP contribution in [0.4, 0.5) is 21.6 Å². The largest absolute Gasteiger partial charge is 0.492 e. The van der Waals surface area contributed by atoms with Gasteiger partial charge in [-0.1, -0.05) is 17.7 Å². The first-order valence-corrected chi connectivity index (χ1v) is 12.4. The quantitative estimate of drug-likeness (QED) is 0.421. The molecule has 3 aromatic rings. The summed E-state index contributed by atoms with van der Waals surface area (Å²) in [5, 5.41) is 6.67. The van der Waals surface area contributed by atoms with Gasteiger partial charge in [-0.15, -0.1) is 0 Å². The van der Waals surface area contributed by atoms with E-state index < -0.39 is 5.82 Å². The Morgan fingerprint density at radius 1 is 1.22 bits per heavy atom. The van der Waals surface area contributed by atoms with Crippen molar-refractivity contribution in [2.75, 3.05) is 50.1 Å². The minimum Gasteiger partial charge on any atom is -0.492 e. The molecule has 0 radical (unpaired) electrons. The monoisotopic (exact) mass is 527 g/mol. The molecule has 11 heteroatoms. The van der Waals surface area contributed by atoms with E-state index in [1.54, 1.807) is 18.2 Å². The standard InChI is InChI=1S/C26H27ClFN5O4/c1-2-35-22-12-20-17(26(30-15-29-20)31-16-5-6-19(28)18(27)10-16)11-21(22)32-25(34)4-3-7-33-13-23-24(14-33)37-9-8-36-23/h3-6,10-12,15,23-24H,2,7-9,13-14H2,1H3,(H,32,34)(H,29,30,31). The number of nitrogens with one attached hydrogen (secondary N) is 2. The van der Waals surface area contributed by atoms with Crippen molar-refractivity contribution in [2.24, 2.45) is 0 Å². The minimum absolute atomic E-state index is 0.00511. The molecule has 0 aliphatic carbocycles. The molecule has 0 saturated carbocycles. The highest BCUT2D eigenvalue weighted by Crippen LogP contribution is 2.34. The van der Waals surface area contributed by atoms with Crippen LogP contribution < -0.4 is 15.4 Å². The topological polar surface area (TPSA) is 97.8 Å².